The fourth-order valence-electron chi connectivity index (χ4n) is 1.40. The van der Waals surface area contributed by atoms with Crippen molar-refractivity contribution in [3.8, 4) is 0 Å². The summed E-state index contributed by atoms with van der Waals surface area (Å²) in [6.07, 6.45) is 0.0788. The number of hydrogen-bond acceptors (Lipinski definition) is 3. The van der Waals surface area contributed by atoms with E-state index in [1.54, 1.807) is 0 Å². The predicted molar refractivity (Wildman–Crippen MR) is 71.5 cm³/mol. The predicted octanol–water partition coefficient (Wildman–Crippen LogP) is 2.07. The van der Waals surface area contributed by atoms with Gasteiger partial charge in [-0.25, -0.2) is 14.0 Å². The van der Waals surface area contributed by atoms with Crippen LogP contribution in [-0.2, 0) is 4.74 Å². The zero-order chi connectivity index (χ0) is 15.1. The minimum absolute atomic E-state index is 0.0788. The van der Waals surface area contributed by atoms with Crippen LogP contribution in [0.4, 0.5) is 14.9 Å². The van der Waals surface area contributed by atoms with Crippen LogP contribution in [0.25, 0.3) is 0 Å². The maximum absolute atomic E-state index is 13.2. The molecule has 6 nitrogen and oxygen atoms in total. The normalized spacial score (nSPS) is 10.4. The van der Waals surface area contributed by atoms with Crippen molar-refractivity contribution < 1.29 is 23.8 Å². The molecule has 0 aliphatic carbocycles. The van der Waals surface area contributed by atoms with Crippen molar-refractivity contribution in [1.29, 1.82) is 0 Å². The van der Waals surface area contributed by atoms with E-state index in [2.05, 4.69) is 10.6 Å². The van der Waals surface area contributed by atoms with Gasteiger partial charge < -0.3 is 20.5 Å². The average Bonchev–Trinajstić information content (AvgIpc) is 2.36. The van der Waals surface area contributed by atoms with E-state index in [9.17, 15) is 14.0 Å². The minimum atomic E-state index is -1.39. The number of aromatic carboxylic acids is 1. The fraction of sp³-hybridized carbons (Fsp3) is 0.385. The maximum Gasteiger partial charge on any atom is 0.338 e. The van der Waals surface area contributed by atoms with Crippen molar-refractivity contribution in [2.45, 2.75) is 20.0 Å². The van der Waals surface area contributed by atoms with E-state index in [4.69, 9.17) is 9.84 Å². The first kappa shape index (κ1) is 15.9. The largest absolute Gasteiger partial charge is 0.478 e. The molecule has 2 amide bonds. The smallest absolute Gasteiger partial charge is 0.338 e. The quantitative estimate of drug-likeness (QED) is 0.698. The first-order chi connectivity index (χ1) is 9.40. The number of rotatable bonds is 6. The van der Waals surface area contributed by atoms with Crippen LogP contribution in [-0.4, -0.2) is 36.4 Å². The van der Waals surface area contributed by atoms with E-state index >= 15 is 0 Å². The van der Waals surface area contributed by atoms with Gasteiger partial charge in [0.2, 0.25) is 0 Å². The molecule has 7 heteroatoms. The van der Waals surface area contributed by atoms with E-state index < -0.39 is 23.4 Å². The number of amides is 2. The molecule has 0 aromatic heterocycles. The lowest BCUT2D eigenvalue weighted by molar-refractivity contribution is 0.0692. The molecule has 110 valence electrons. The van der Waals surface area contributed by atoms with Crippen molar-refractivity contribution in [1.82, 2.24) is 5.32 Å². The van der Waals surface area contributed by atoms with Gasteiger partial charge in [0.05, 0.1) is 18.3 Å². The summed E-state index contributed by atoms with van der Waals surface area (Å²) in [5.74, 6) is -2.24. The Morgan fingerprint density at radius 1 is 1.40 bits per heavy atom. The Morgan fingerprint density at radius 3 is 2.70 bits per heavy atom. The molecule has 0 radical (unpaired) electrons. The average molecular weight is 284 g/mol. The second-order valence-electron chi connectivity index (χ2n) is 4.30. The molecule has 1 rings (SSSR count). The van der Waals surface area contributed by atoms with Gasteiger partial charge in [-0.05, 0) is 32.0 Å². The SMILES string of the molecule is CC(C)OCCNC(=O)Nc1ccc(F)c(C(=O)O)c1. The molecule has 0 saturated heterocycles. The van der Waals surface area contributed by atoms with Gasteiger partial charge in [0.15, 0.2) is 0 Å². The second kappa shape index (κ2) is 7.44. The highest BCUT2D eigenvalue weighted by atomic mass is 19.1. The number of urea groups is 1. The first-order valence-corrected chi connectivity index (χ1v) is 6.09. The van der Waals surface area contributed by atoms with E-state index in [0.29, 0.717) is 13.2 Å². The third-order valence-corrected chi connectivity index (χ3v) is 2.29. The van der Waals surface area contributed by atoms with Gasteiger partial charge in [0, 0.05) is 12.2 Å². The third kappa shape index (κ3) is 5.23. The van der Waals surface area contributed by atoms with Gasteiger partial charge in [0.25, 0.3) is 0 Å². The lowest BCUT2D eigenvalue weighted by Crippen LogP contribution is -2.32. The Morgan fingerprint density at radius 2 is 2.10 bits per heavy atom. The number of carbonyl (C=O) groups is 2. The highest BCUT2D eigenvalue weighted by molar-refractivity contribution is 5.93. The first-order valence-electron chi connectivity index (χ1n) is 6.09. The molecule has 0 aliphatic heterocycles. The molecule has 0 fully saturated rings. The van der Waals surface area contributed by atoms with Crippen LogP contribution in [0.2, 0.25) is 0 Å². The molecule has 1 aromatic rings. The van der Waals surface area contributed by atoms with Crippen molar-refractivity contribution in [3.05, 3.63) is 29.6 Å². The van der Waals surface area contributed by atoms with Gasteiger partial charge in [-0.3, -0.25) is 0 Å². The molecule has 20 heavy (non-hydrogen) atoms. The number of carbonyl (C=O) groups excluding carboxylic acids is 1. The van der Waals surface area contributed by atoms with Gasteiger partial charge >= 0.3 is 12.0 Å². The van der Waals surface area contributed by atoms with Crippen LogP contribution in [0, 0.1) is 5.82 Å². The molecule has 0 unspecified atom stereocenters. The number of carboxylic acid groups (broad SMARTS) is 1. The number of ether oxygens (including phenoxy) is 1. The number of halogens is 1. The summed E-state index contributed by atoms with van der Waals surface area (Å²) in [5.41, 5.74) is -0.294. The van der Waals surface area contributed by atoms with Crippen LogP contribution in [0.1, 0.15) is 24.2 Å². The van der Waals surface area contributed by atoms with Crippen molar-refractivity contribution in [3.63, 3.8) is 0 Å². The number of benzene rings is 1. The number of nitrogens with one attached hydrogen (secondary N) is 2. The highest BCUT2D eigenvalue weighted by Crippen LogP contribution is 2.14. The standard InChI is InChI=1S/C13H17FN2O4/c1-8(2)20-6-5-15-13(19)16-9-3-4-11(14)10(7-9)12(17)18/h3-4,7-8H,5-6H2,1-2H3,(H,17,18)(H2,15,16,19). The Balaban J connectivity index is 2.50. The topological polar surface area (TPSA) is 87.7 Å². The summed E-state index contributed by atoms with van der Waals surface area (Å²) in [7, 11) is 0. The molecule has 3 N–H and O–H groups in total. The zero-order valence-corrected chi connectivity index (χ0v) is 11.3. The van der Waals surface area contributed by atoms with E-state index in [1.807, 2.05) is 13.8 Å². The Bertz CT molecular complexity index is 491. The zero-order valence-electron chi connectivity index (χ0n) is 11.3. The highest BCUT2D eigenvalue weighted by Gasteiger charge is 2.11. The third-order valence-electron chi connectivity index (χ3n) is 2.29. The van der Waals surface area contributed by atoms with Gasteiger partial charge in [-0.15, -0.1) is 0 Å². The van der Waals surface area contributed by atoms with E-state index in [-0.39, 0.29) is 11.8 Å². The molecule has 1 aromatic carbocycles. The summed E-state index contributed by atoms with van der Waals surface area (Å²) < 4.78 is 18.4. The monoisotopic (exact) mass is 284 g/mol. The van der Waals surface area contributed by atoms with Crippen LogP contribution in [0.3, 0.4) is 0 Å². The Hall–Kier alpha value is -2.15. The van der Waals surface area contributed by atoms with Crippen LogP contribution in [0.5, 0.6) is 0 Å². The number of carboxylic acids is 1. The lowest BCUT2D eigenvalue weighted by Gasteiger charge is -2.10. The summed E-state index contributed by atoms with van der Waals surface area (Å²) in [4.78, 5) is 22.3. The molecule has 0 bridgehead atoms. The summed E-state index contributed by atoms with van der Waals surface area (Å²) in [5, 5.41) is 13.7. The minimum Gasteiger partial charge on any atom is -0.478 e. The molecular formula is C13H17FN2O4. The van der Waals surface area contributed by atoms with Crippen LogP contribution in [0.15, 0.2) is 18.2 Å². The van der Waals surface area contributed by atoms with Crippen molar-refractivity contribution in [2.24, 2.45) is 0 Å². The second-order valence-corrected chi connectivity index (χ2v) is 4.30. The molecular weight excluding hydrogens is 267 g/mol. The maximum atomic E-state index is 13.2. The van der Waals surface area contributed by atoms with Crippen LogP contribution < -0.4 is 10.6 Å². The molecule has 0 spiro atoms. The number of hydrogen-bond donors (Lipinski definition) is 3. The van der Waals surface area contributed by atoms with E-state index in [1.165, 1.54) is 6.07 Å². The van der Waals surface area contributed by atoms with Crippen molar-refractivity contribution in [2.75, 3.05) is 18.5 Å². The summed E-state index contributed by atoms with van der Waals surface area (Å²) in [6.45, 7) is 4.45. The number of anilines is 1. The molecule has 0 atom stereocenters. The van der Waals surface area contributed by atoms with Gasteiger partial charge in [-0.1, -0.05) is 0 Å². The summed E-state index contributed by atoms with van der Waals surface area (Å²) >= 11 is 0. The molecule has 0 aliphatic rings. The fourth-order valence-corrected chi connectivity index (χ4v) is 1.40. The summed E-state index contributed by atoms with van der Waals surface area (Å²) in [6, 6.07) is 2.81. The Labute approximate surface area is 115 Å². The van der Waals surface area contributed by atoms with E-state index in [0.717, 1.165) is 12.1 Å². The Kier molecular flexibility index (Phi) is 5.92. The van der Waals surface area contributed by atoms with Crippen LogP contribution >= 0.6 is 0 Å². The van der Waals surface area contributed by atoms with Crippen molar-refractivity contribution >= 4 is 17.7 Å². The van der Waals surface area contributed by atoms with Gasteiger partial charge in [-0.2, -0.15) is 0 Å². The van der Waals surface area contributed by atoms with Gasteiger partial charge in [0.1, 0.15) is 5.82 Å². The molecule has 0 heterocycles. The lowest BCUT2D eigenvalue weighted by atomic mass is 10.2. The molecule has 0 saturated carbocycles.